The lowest BCUT2D eigenvalue weighted by Crippen LogP contribution is -2.15. The maximum atomic E-state index is 12.5. The molecule has 0 saturated carbocycles. The summed E-state index contributed by atoms with van der Waals surface area (Å²) < 4.78 is 1.77. The molecule has 0 spiro atoms. The van der Waals surface area contributed by atoms with Crippen molar-refractivity contribution in [2.24, 2.45) is 0 Å². The van der Waals surface area contributed by atoms with Crippen LogP contribution in [-0.2, 0) is 0 Å². The van der Waals surface area contributed by atoms with Gasteiger partial charge in [0, 0.05) is 16.8 Å². The van der Waals surface area contributed by atoms with Crippen LogP contribution in [-0.4, -0.2) is 15.3 Å². The van der Waals surface area contributed by atoms with Crippen molar-refractivity contribution < 1.29 is 4.79 Å². The SMILES string of the molecule is Cc1nc2ccccn2c1C(=O)Nc1ccc(SC#N)cc1. The summed E-state index contributed by atoms with van der Waals surface area (Å²) in [4.78, 5) is 17.7. The molecule has 0 unspecified atom stereocenters. The second-order valence-electron chi connectivity index (χ2n) is 4.65. The molecule has 22 heavy (non-hydrogen) atoms. The minimum Gasteiger partial charge on any atom is -0.321 e. The minimum atomic E-state index is -0.211. The molecule has 108 valence electrons. The van der Waals surface area contributed by atoms with Gasteiger partial charge >= 0.3 is 0 Å². The van der Waals surface area contributed by atoms with Gasteiger partial charge in [-0.1, -0.05) is 6.07 Å². The number of amides is 1. The Morgan fingerprint density at radius 3 is 2.77 bits per heavy atom. The van der Waals surface area contributed by atoms with Gasteiger partial charge < -0.3 is 5.32 Å². The number of thiocyanates is 1. The van der Waals surface area contributed by atoms with Gasteiger partial charge in [-0.25, -0.2) is 4.98 Å². The zero-order valence-corrected chi connectivity index (χ0v) is 12.6. The molecular weight excluding hydrogens is 296 g/mol. The first-order chi connectivity index (χ1) is 10.7. The van der Waals surface area contributed by atoms with Crippen LogP contribution in [0.1, 0.15) is 16.2 Å². The molecule has 0 fully saturated rings. The highest BCUT2D eigenvalue weighted by molar-refractivity contribution is 8.03. The zero-order valence-electron chi connectivity index (χ0n) is 11.8. The van der Waals surface area contributed by atoms with Gasteiger partial charge in [-0.3, -0.25) is 9.20 Å². The molecule has 0 bridgehead atoms. The molecule has 2 aromatic heterocycles. The van der Waals surface area contributed by atoms with Crippen molar-refractivity contribution in [2.75, 3.05) is 5.32 Å². The van der Waals surface area contributed by atoms with Crippen molar-refractivity contribution in [3.8, 4) is 5.40 Å². The summed E-state index contributed by atoms with van der Waals surface area (Å²) in [6, 6.07) is 12.7. The van der Waals surface area contributed by atoms with Crippen molar-refractivity contribution in [1.29, 1.82) is 5.26 Å². The lowest BCUT2D eigenvalue weighted by Gasteiger charge is -2.06. The standard InChI is InChI=1S/C16H12N4OS/c1-11-15(20-9-3-2-4-14(20)18-11)16(21)19-12-5-7-13(8-6-12)22-10-17/h2-9H,1H3,(H,19,21). The lowest BCUT2D eigenvalue weighted by molar-refractivity contribution is 0.102. The van der Waals surface area contributed by atoms with E-state index < -0.39 is 0 Å². The third-order valence-corrected chi connectivity index (χ3v) is 3.79. The Labute approximate surface area is 131 Å². The fraction of sp³-hybridized carbons (Fsp3) is 0.0625. The van der Waals surface area contributed by atoms with Crippen LogP contribution < -0.4 is 5.32 Å². The van der Waals surface area contributed by atoms with Gasteiger partial charge in [0.25, 0.3) is 5.91 Å². The average molecular weight is 308 g/mol. The number of nitrogens with one attached hydrogen (secondary N) is 1. The monoisotopic (exact) mass is 308 g/mol. The van der Waals surface area contributed by atoms with Crippen LogP contribution in [0, 0.1) is 17.6 Å². The molecule has 2 heterocycles. The van der Waals surface area contributed by atoms with Gasteiger partial charge in [-0.05, 0) is 55.1 Å². The number of rotatable bonds is 3. The summed E-state index contributed by atoms with van der Waals surface area (Å²) in [5.74, 6) is -0.211. The first-order valence-corrected chi connectivity index (χ1v) is 7.42. The van der Waals surface area contributed by atoms with E-state index in [0.717, 1.165) is 22.3 Å². The maximum absolute atomic E-state index is 12.5. The van der Waals surface area contributed by atoms with Crippen LogP contribution in [0.2, 0.25) is 0 Å². The van der Waals surface area contributed by atoms with E-state index in [1.807, 2.05) is 36.7 Å². The Kier molecular flexibility index (Phi) is 3.81. The predicted molar refractivity (Wildman–Crippen MR) is 85.8 cm³/mol. The van der Waals surface area contributed by atoms with E-state index >= 15 is 0 Å². The van der Waals surface area contributed by atoms with Crippen LogP contribution >= 0.6 is 11.8 Å². The number of pyridine rings is 1. The second-order valence-corrected chi connectivity index (χ2v) is 5.50. The molecule has 0 radical (unpaired) electrons. The third-order valence-electron chi connectivity index (χ3n) is 3.19. The van der Waals surface area contributed by atoms with Crippen molar-refractivity contribution in [1.82, 2.24) is 9.38 Å². The number of aromatic nitrogens is 2. The number of aryl methyl sites for hydroxylation is 1. The van der Waals surface area contributed by atoms with Crippen molar-refractivity contribution in [3.05, 3.63) is 60.0 Å². The normalized spacial score (nSPS) is 10.4. The summed E-state index contributed by atoms with van der Waals surface area (Å²) in [7, 11) is 0. The van der Waals surface area contributed by atoms with E-state index in [1.165, 1.54) is 0 Å². The smallest absolute Gasteiger partial charge is 0.274 e. The van der Waals surface area contributed by atoms with E-state index in [0.29, 0.717) is 17.1 Å². The van der Waals surface area contributed by atoms with Crippen molar-refractivity contribution in [3.63, 3.8) is 0 Å². The number of nitrogens with zero attached hydrogens (tertiary/aromatic N) is 3. The molecule has 1 N–H and O–H groups in total. The van der Waals surface area contributed by atoms with E-state index in [-0.39, 0.29) is 5.91 Å². The lowest BCUT2D eigenvalue weighted by atomic mass is 10.3. The summed E-state index contributed by atoms with van der Waals surface area (Å²) in [5.41, 5.74) is 2.62. The molecule has 3 rings (SSSR count). The van der Waals surface area contributed by atoms with E-state index in [1.54, 1.807) is 28.7 Å². The quantitative estimate of drug-likeness (QED) is 0.594. The molecule has 6 heteroatoms. The summed E-state index contributed by atoms with van der Waals surface area (Å²) in [5, 5.41) is 13.5. The number of benzene rings is 1. The molecule has 0 saturated heterocycles. The number of hydrogen-bond acceptors (Lipinski definition) is 4. The predicted octanol–water partition coefficient (Wildman–Crippen LogP) is 3.47. The first-order valence-electron chi connectivity index (χ1n) is 6.60. The van der Waals surface area contributed by atoms with Gasteiger partial charge in [-0.15, -0.1) is 0 Å². The number of hydrogen-bond donors (Lipinski definition) is 1. The Hall–Kier alpha value is -2.78. The summed E-state index contributed by atoms with van der Waals surface area (Å²) >= 11 is 1.08. The second kappa shape index (κ2) is 5.92. The van der Waals surface area contributed by atoms with Crippen LogP contribution in [0.25, 0.3) is 5.65 Å². The molecule has 3 aromatic rings. The zero-order chi connectivity index (χ0) is 15.5. The van der Waals surface area contributed by atoms with Crippen LogP contribution in [0.4, 0.5) is 5.69 Å². The number of anilines is 1. The van der Waals surface area contributed by atoms with Crippen molar-refractivity contribution in [2.45, 2.75) is 11.8 Å². The Morgan fingerprint density at radius 1 is 1.27 bits per heavy atom. The summed E-state index contributed by atoms with van der Waals surface area (Å²) in [6.07, 6.45) is 1.82. The van der Waals surface area contributed by atoms with E-state index in [9.17, 15) is 4.79 Å². The minimum absolute atomic E-state index is 0.211. The first kappa shape index (κ1) is 14.2. The number of thioether (sulfide) groups is 1. The Bertz CT molecular complexity index is 877. The van der Waals surface area contributed by atoms with Gasteiger partial charge in [0.1, 0.15) is 16.7 Å². The van der Waals surface area contributed by atoms with Crippen LogP contribution in [0.3, 0.4) is 0 Å². The largest absolute Gasteiger partial charge is 0.321 e. The highest BCUT2D eigenvalue weighted by Crippen LogP contribution is 2.20. The number of carbonyl (C=O) groups excluding carboxylic acids is 1. The number of carbonyl (C=O) groups is 1. The molecule has 0 aliphatic rings. The van der Waals surface area contributed by atoms with Gasteiger partial charge in [0.15, 0.2) is 0 Å². The maximum Gasteiger partial charge on any atom is 0.274 e. The van der Waals surface area contributed by atoms with Crippen LogP contribution in [0.5, 0.6) is 0 Å². The molecule has 0 atom stereocenters. The fourth-order valence-corrected chi connectivity index (χ4v) is 2.61. The van der Waals surface area contributed by atoms with Gasteiger partial charge in [0.2, 0.25) is 0 Å². The molecule has 1 amide bonds. The molecule has 0 aliphatic heterocycles. The van der Waals surface area contributed by atoms with Crippen LogP contribution in [0.15, 0.2) is 53.6 Å². The van der Waals surface area contributed by atoms with E-state index in [4.69, 9.17) is 5.26 Å². The molecule has 0 aliphatic carbocycles. The Balaban J connectivity index is 1.87. The average Bonchev–Trinajstić information content (AvgIpc) is 2.85. The van der Waals surface area contributed by atoms with Gasteiger partial charge in [-0.2, -0.15) is 5.26 Å². The highest BCUT2D eigenvalue weighted by Gasteiger charge is 2.16. The number of nitriles is 1. The fourth-order valence-electron chi connectivity index (χ4n) is 2.24. The number of imidazole rings is 1. The summed E-state index contributed by atoms with van der Waals surface area (Å²) in [6.45, 7) is 1.81. The van der Waals surface area contributed by atoms with Crippen molar-refractivity contribution >= 4 is 29.0 Å². The van der Waals surface area contributed by atoms with E-state index in [2.05, 4.69) is 10.3 Å². The third kappa shape index (κ3) is 2.67. The Morgan fingerprint density at radius 2 is 2.05 bits per heavy atom. The van der Waals surface area contributed by atoms with Gasteiger partial charge in [0.05, 0.1) is 5.69 Å². The molecular formula is C16H12N4OS. The highest BCUT2D eigenvalue weighted by atomic mass is 32.2. The number of fused-ring (bicyclic) bond motifs is 1. The molecule has 1 aromatic carbocycles. The topological polar surface area (TPSA) is 70.2 Å². The molecule has 5 nitrogen and oxygen atoms in total.